The molecule has 1 N–H and O–H groups in total. The summed E-state index contributed by atoms with van der Waals surface area (Å²) in [7, 11) is 1.88. The van der Waals surface area contributed by atoms with Crippen molar-refractivity contribution < 1.29 is 9.13 Å². The Kier molecular flexibility index (Phi) is 8.43. The van der Waals surface area contributed by atoms with E-state index in [4.69, 9.17) is 4.74 Å². The van der Waals surface area contributed by atoms with Crippen LogP contribution < -0.4 is 5.32 Å². The zero-order valence-corrected chi connectivity index (χ0v) is 12.2. The number of hydrogen-bond donors (Lipinski definition) is 1. The maximum atomic E-state index is 13.6. The number of hydrogen-bond acceptors (Lipinski definition) is 2. The molecule has 1 aromatic carbocycles. The highest BCUT2D eigenvalue weighted by atomic mass is 19.1. The van der Waals surface area contributed by atoms with Crippen molar-refractivity contribution in [2.24, 2.45) is 0 Å². The lowest BCUT2D eigenvalue weighted by Crippen LogP contribution is -2.06. The Morgan fingerprint density at radius 2 is 1.95 bits per heavy atom. The van der Waals surface area contributed by atoms with E-state index in [0.29, 0.717) is 12.2 Å². The second-order valence-corrected chi connectivity index (χ2v) is 4.92. The lowest BCUT2D eigenvalue weighted by molar-refractivity contribution is 0.114. The Balaban J connectivity index is 2.26. The highest BCUT2D eigenvalue weighted by molar-refractivity contribution is 5.24. The van der Waals surface area contributed by atoms with Crippen molar-refractivity contribution >= 4 is 0 Å². The van der Waals surface area contributed by atoms with E-state index >= 15 is 0 Å². The number of halogens is 1. The van der Waals surface area contributed by atoms with Gasteiger partial charge in [0, 0.05) is 18.7 Å². The van der Waals surface area contributed by atoms with E-state index in [1.165, 1.54) is 31.7 Å². The first-order valence-corrected chi connectivity index (χ1v) is 7.27. The first-order chi connectivity index (χ1) is 9.27. The van der Waals surface area contributed by atoms with Gasteiger partial charge in [-0.15, -0.1) is 0 Å². The van der Waals surface area contributed by atoms with E-state index in [2.05, 4.69) is 12.2 Å². The molecule has 0 saturated carbocycles. The molecule has 19 heavy (non-hydrogen) atoms. The number of benzene rings is 1. The third kappa shape index (κ3) is 6.69. The van der Waals surface area contributed by atoms with Gasteiger partial charge in [-0.1, -0.05) is 38.7 Å². The summed E-state index contributed by atoms with van der Waals surface area (Å²) in [4.78, 5) is 0. The summed E-state index contributed by atoms with van der Waals surface area (Å²) in [6, 6.07) is 5.20. The molecule has 0 bridgehead atoms. The quantitative estimate of drug-likeness (QED) is 0.646. The molecule has 0 spiro atoms. The second-order valence-electron chi connectivity index (χ2n) is 4.92. The highest BCUT2D eigenvalue weighted by Crippen LogP contribution is 2.12. The molecule has 0 aliphatic carbocycles. The summed E-state index contributed by atoms with van der Waals surface area (Å²) < 4.78 is 19.1. The van der Waals surface area contributed by atoms with Gasteiger partial charge in [0.25, 0.3) is 0 Å². The second kappa shape index (κ2) is 9.93. The number of ether oxygens (including phenoxy) is 1. The fraction of sp³-hybridized carbons (Fsp3) is 0.625. The van der Waals surface area contributed by atoms with Gasteiger partial charge >= 0.3 is 0 Å². The lowest BCUT2D eigenvalue weighted by atomic mass is 10.1. The molecular weight excluding hydrogens is 241 g/mol. The minimum Gasteiger partial charge on any atom is -0.377 e. The van der Waals surface area contributed by atoms with Crippen LogP contribution in [0.2, 0.25) is 0 Å². The van der Waals surface area contributed by atoms with Crippen molar-refractivity contribution in [2.75, 3.05) is 13.7 Å². The molecule has 0 heterocycles. The van der Waals surface area contributed by atoms with E-state index in [1.54, 1.807) is 6.07 Å². The van der Waals surface area contributed by atoms with Gasteiger partial charge in [0.2, 0.25) is 0 Å². The van der Waals surface area contributed by atoms with Crippen LogP contribution in [0.3, 0.4) is 0 Å². The van der Waals surface area contributed by atoms with E-state index in [1.807, 2.05) is 13.1 Å². The van der Waals surface area contributed by atoms with E-state index < -0.39 is 0 Å². The topological polar surface area (TPSA) is 21.3 Å². The Bertz CT molecular complexity index is 355. The minimum atomic E-state index is -0.175. The summed E-state index contributed by atoms with van der Waals surface area (Å²) in [5.74, 6) is -0.175. The van der Waals surface area contributed by atoms with Crippen LogP contribution in [0, 0.1) is 5.82 Å². The molecule has 2 nitrogen and oxygen atoms in total. The van der Waals surface area contributed by atoms with Crippen LogP contribution in [0.5, 0.6) is 0 Å². The zero-order valence-electron chi connectivity index (χ0n) is 12.2. The number of unbranched alkanes of at least 4 members (excludes halogenated alkanes) is 4. The Labute approximate surface area is 116 Å². The lowest BCUT2D eigenvalue weighted by Gasteiger charge is -2.08. The van der Waals surface area contributed by atoms with Crippen molar-refractivity contribution in [3.8, 4) is 0 Å². The van der Waals surface area contributed by atoms with E-state index in [9.17, 15) is 4.39 Å². The maximum absolute atomic E-state index is 13.6. The fourth-order valence-corrected chi connectivity index (χ4v) is 2.04. The molecule has 0 fully saturated rings. The van der Waals surface area contributed by atoms with Gasteiger partial charge in [-0.3, -0.25) is 0 Å². The van der Waals surface area contributed by atoms with Crippen LogP contribution >= 0.6 is 0 Å². The predicted molar refractivity (Wildman–Crippen MR) is 77.6 cm³/mol. The van der Waals surface area contributed by atoms with Crippen LogP contribution in [0.25, 0.3) is 0 Å². The predicted octanol–water partition coefficient (Wildman–Crippen LogP) is 4.03. The van der Waals surface area contributed by atoms with Crippen molar-refractivity contribution in [3.05, 3.63) is 35.1 Å². The van der Waals surface area contributed by atoms with Gasteiger partial charge in [0.1, 0.15) is 5.82 Å². The fourth-order valence-electron chi connectivity index (χ4n) is 2.04. The average molecular weight is 267 g/mol. The molecule has 0 amide bonds. The van der Waals surface area contributed by atoms with Gasteiger partial charge < -0.3 is 10.1 Å². The summed E-state index contributed by atoms with van der Waals surface area (Å²) in [6.45, 7) is 4.05. The molecule has 0 radical (unpaired) electrons. The van der Waals surface area contributed by atoms with Crippen LogP contribution in [0.15, 0.2) is 18.2 Å². The van der Waals surface area contributed by atoms with Gasteiger partial charge in [-0.25, -0.2) is 4.39 Å². The van der Waals surface area contributed by atoms with Crippen molar-refractivity contribution in [1.82, 2.24) is 5.32 Å². The van der Waals surface area contributed by atoms with Gasteiger partial charge in [-0.2, -0.15) is 0 Å². The van der Waals surface area contributed by atoms with Crippen LogP contribution in [0.4, 0.5) is 4.39 Å². The summed E-state index contributed by atoms with van der Waals surface area (Å²) >= 11 is 0. The molecule has 0 aromatic heterocycles. The van der Waals surface area contributed by atoms with Crippen molar-refractivity contribution in [3.63, 3.8) is 0 Å². The molecule has 1 rings (SSSR count). The smallest absolute Gasteiger partial charge is 0.128 e. The molecule has 0 unspecified atom stereocenters. The molecular formula is C16H26FNO. The van der Waals surface area contributed by atoms with Crippen molar-refractivity contribution in [1.29, 1.82) is 0 Å². The van der Waals surface area contributed by atoms with Crippen LogP contribution in [0.1, 0.15) is 50.2 Å². The number of rotatable bonds is 10. The maximum Gasteiger partial charge on any atom is 0.128 e. The first kappa shape index (κ1) is 16.1. The molecule has 0 aliphatic rings. The summed E-state index contributed by atoms with van der Waals surface area (Å²) in [5.41, 5.74) is 1.74. The number of nitrogens with one attached hydrogen (secondary N) is 1. The van der Waals surface area contributed by atoms with Crippen molar-refractivity contribution in [2.45, 2.75) is 52.2 Å². The molecule has 0 saturated heterocycles. The Morgan fingerprint density at radius 1 is 1.16 bits per heavy atom. The largest absolute Gasteiger partial charge is 0.377 e. The van der Waals surface area contributed by atoms with Crippen LogP contribution in [-0.4, -0.2) is 13.7 Å². The molecule has 108 valence electrons. The average Bonchev–Trinajstić information content (AvgIpc) is 2.41. The Hall–Kier alpha value is -0.930. The highest BCUT2D eigenvalue weighted by Gasteiger charge is 2.03. The molecule has 0 atom stereocenters. The standard InChI is InChI=1S/C16H26FNO/c1-3-4-5-6-7-10-19-13-15-11-14(12-18-2)8-9-16(15)17/h8-9,11,18H,3-7,10,12-13H2,1-2H3. The summed E-state index contributed by atoms with van der Waals surface area (Å²) in [6.07, 6.45) is 6.09. The zero-order chi connectivity index (χ0) is 13.9. The molecule has 0 aliphatic heterocycles. The van der Waals surface area contributed by atoms with Gasteiger partial charge in [-0.05, 0) is 31.2 Å². The monoisotopic (exact) mass is 267 g/mol. The minimum absolute atomic E-state index is 0.175. The first-order valence-electron chi connectivity index (χ1n) is 7.27. The molecule has 3 heteroatoms. The SMILES string of the molecule is CCCCCCCOCc1cc(CNC)ccc1F. The van der Waals surface area contributed by atoms with Crippen LogP contribution in [-0.2, 0) is 17.9 Å². The normalized spacial score (nSPS) is 10.9. The summed E-state index contributed by atoms with van der Waals surface area (Å²) in [5, 5.41) is 3.06. The van der Waals surface area contributed by atoms with Gasteiger partial charge in [0.15, 0.2) is 0 Å². The third-order valence-electron chi connectivity index (χ3n) is 3.14. The third-order valence-corrected chi connectivity index (χ3v) is 3.14. The van der Waals surface area contributed by atoms with E-state index in [-0.39, 0.29) is 5.82 Å². The van der Waals surface area contributed by atoms with E-state index in [0.717, 1.165) is 25.1 Å². The van der Waals surface area contributed by atoms with Gasteiger partial charge in [0.05, 0.1) is 6.61 Å². The molecule has 1 aromatic rings. The Morgan fingerprint density at radius 3 is 2.68 bits per heavy atom.